The number of carbonyl (C=O) groups is 2. The van der Waals surface area contributed by atoms with Crippen molar-refractivity contribution >= 4 is 23.4 Å². The minimum Gasteiger partial charge on any atom is -0.496 e. The van der Waals surface area contributed by atoms with E-state index in [1.807, 2.05) is 4.90 Å². The van der Waals surface area contributed by atoms with E-state index in [-0.39, 0.29) is 11.8 Å². The van der Waals surface area contributed by atoms with Crippen LogP contribution in [0.2, 0.25) is 5.02 Å². The number of hydrogen-bond acceptors (Lipinski definition) is 3. The molecule has 1 saturated heterocycles. The van der Waals surface area contributed by atoms with Crippen molar-refractivity contribution in [1.82, 2.24) is 9.80 Å². The monoisotopic (exact) mass is 400 g/mol. The van der Waals surface area contributed by atoms with Gasteiger partial charge in [0.05, 0.1) is 12.7 Å². The molecular formula is C22H25ClN2O3. The van der Waals surface area contributed by atoms with E-state index in [0.717, 1.165) is 6.42 Å². The van der Waals surface area contributed by atoms with Gasteiger partial charge in [-0.1, -0.05) is 41.4 Å². The molecule has 0 spiro atoms. The Labute approximate surface area is 170 Å². The predicted octanol–water partition coefficient (Wildman–Crippen LogP) is 3.57. The van der Waals surface area contributed by atoms with Crippen LogP contribution in [-0.4, -0.2) is 54.9 Å². The van der Waals surface area contributed by atoms with Crippen LogP contribution in [0.1, 0.15) is 27.9 Å². The molecule has 6 heteroatoms. The topological polar surface area (TPSA) is 49.9 Å². The third-order valence-electron chi connectivity index (χ3n) is 5.06. The van der Waals surface area contributed by atoms with E-state index in [1.165, 1.54) is 18.2 Å². The summed E-state index contributed by atoms with van der Waals surface area (Å²) in [5.41, 5.74) is 2.84. The number of ether oxygens (including phenoxy) is 1. The number of halogens is 1. The summed E-state index contributed by atoms with van der Waals surface area (Å²) in [6.07, 6.45) is 1.22. The van der Waals surface area contributed by atoms with Gasteiger partial charge in [0.25, 0.3) is 5.91 Å². The van der Waals surface area contributed by atoms with E-state index in [1.54, 1.807) is 23.1 Å². The van der Waals surface area contributed by atoms with Crippen LogP contribution in [0, 0.1) is 6.92 Å². The summed E-state index contributed by atoms with van der Waals surface area (Å²) in [6.45, 7) is 4.15. The van der Waals surface area contributed by atoms with Crippen molar-refractivity contribution < 1.29 is 14.3 Å². The molecule has 148 valence electrons. The second-order valence-electron chi connectivity index (χ2n) is 7.00. The second-order valence-corrected chi connectivity index (χ2v) is 7.44. The van der Waals surface area contributed by atoms with Gasteiger partial charge in [-0.15, -0.1) is 0 Å². The Morgan fingerprint density at radius 2 is 1.64 bits per heavy atom. The van der Waals surface area contributed by atoms with Gasteiger partial charge in [-0.25, -0.2) is 0 Å². The molecule has 0 unspecified atom stereocenters. The molecule has 1 heterocycles. The first-order chi connectivity index (χ1) is 13.5. The lowest BCUT2D eigenvalue weighted by Crippen LogP contribution is -2.50. The fourth-order valence-corrected chi connectivity index (χ4v) is 3.51. The van der Waals surface area contributed by atoms with Crippen LogP contribution in [0.25, 0.3) is 0 Å². The zero-order valence-electron chi connectivity index (χ0n) is 16.3. The largest absolute Gasteiger partial charge is 0.496 e. The number of nitrogens with zero attached hydrogens (tertiary/aromatic N) is 2. The highest BCUT2D eigenvalue weighted by Gasteiger charge is 2.26. The first-order valence-corrected chi connectivity index (χ1v) is 9.82. The van der Waals surface area contributed by atoms with Gasteiger partial charge in [0.15, 0.2) is 0 Å². The van der Waals surface area contributed by atoms with Gasteiger partial charge >= 0.3 is 0 Å². The SMILES string of the molecule is COc1ccc(Cl)cc1C(=O)N1CCN(C(=O)CCc2ccc(C)cc2)CC1. The van der Waals surface area contributed by atoms with Crippen molar-refractivity contribution in [2.75, 3.05) is 33.3 Å². The highest BCUT2D eigenvalue weighted by atomic mass is 35.5. The molecule has 1 aliphatic rings. The van der Waals surface area contributed by atoms with Crippen LogP contribution >= 0.6 is 11.6 Å². The van der Waals surface area contributed by atoms with E-state index in [9.17, 15) is 9.59 Å². The summed E-state index contributed by atoms with van der Waals surface area (Å²) >= 11 is 6.04. The molecule has 2 aromatic carbocycles. The summed E-state index contributed by atoms with van der Waals surface area (Å²) in [5.74, 6) is 0.519. The van der Waals surface area contributed by atoms with E-state index in [2.05, 4.69) is 31.2 Å². The predicted molar refractivity (Wildman–Crippen MR) is 110 cm³/mol. The zero-order valence-corrected chi connectivity index (χ0v) is 17.0. The molecule has 2 aromatic rings. The Morgan fingerprint density at radius 3 is 2.29 bits per heavy atom. The van der Waals surface area contributed by atoms with Crippen molar-refractivity contribution in [2.45, 2.75) is 19.8 Å². The first-order valence-electron chi connectivity index (χ1n) is 9.44. The van der Waals surface area contributed by atoms with Crippen LogP contribution < -0.4 is 4.74 Å². The number of methoxy groups -OCH3 is 1. The molecule has 0 aliphatic carbocycles. The second kappa shape index (κ2) is 9.11. The summed E-state index contributed by atoms with van der Waals surface area (Å²) in [7, 11) is 1.53. The Bertz CT molecular complexity index is 843. The Hall–Kier alpha value is -2.53. The molecule has 1 fully saturated rings. The normalized spacial score (nSPS) is 14.1. The number of rotatable bonds is 5. The Morgan fingerprint density at radius 1 is 1.00 bits per heavy atom. The molecule has 1 aliphatic heterocycles. The Balaban J connectivity index is 1.53. The maximum absolute atomic E-state index is 12.8. The molecule has 0 N–H and O–H groups in total. The molecule has 0 atom stereocenters. The third kappa shape index (κ3) is 4.84. The van der Waals surface area contributed by atoms with Crippen LogP contribution in [-0.2, 0) is 11.2 Å². The smallest absolute Gasteiger partial charge is 0.257 e. The number of carbonyl (C=O) groups excluding carboxylic acids is 2. The lowest BCUT2D eigenvalue weighted by atomic mass is 10.1. The third-order valence-corrected chi connectivity index (χ3v) is 5.29. The molecule has 2 amide bonds. The summed E-state index contributed by atoms with van der Waals surface area (Å²) in [4.78, 5) is 28.9. The maximum Gasteiger partial charge on any atom is 0.257 e. The van der Waals surface area contributed by atoms with E-state index >= 15 is 0 Å². The molecule has 0 bridgehead atoms. The number of benzene rings is 2. The minimum atomic E-state index is -0.119. The van der Waals surface area contributed by atoms with Gasteiger partial charge in [0, 0.05) is 37.6 Å². The summed E-state index contributed by atoms with van der Waals surface area (Å²) in [6, 6.07) is 13.3. The molecule has 0 radical (unpaired) electrons. The van der Waals surface area contributed by atoms with Crippen molar-refractivity contribution in [3.8, 4) is 5.75 Å². The van der Waals surface area contributed by atoms with Crippen LogP contribution in [0.5, 0.6) is 5.75 Å². The average molecular weight is 401 g/mol. The fraction of sp³-hybridized carbons (Fsp3) is 0.364. The van der Waals surface area contributed by atoms with Gasteiger partial charge < -0.3 is 14.5 Å². The molecule has 28 heavy (non-hydrogen) atoms. The fourth-order valence-electron chi connectivity index (χ4n) is 3.34. The number of hydrogen-bond donors (Lipinski definition) is 0. The minimum absolute atomic E-state index is 0.119. The highest BCUT2D eigenvalue weighted by molar-refractivity contribution is 6.31. The van der Waals surface area contributed by atoms with E-state index in [0.29, 0.717) is 48.9 Å². The molecule has 3 rings (SSSR count). The van der Waals surface area contributed by atoms with Crippen molar-refractivity contribution in [3.63, 3.8) is 0 Å². The Kier molecular flexibility index (Phi) is 6.57. The quantitative estimate of drug-likeness (QED) is 0.770. The average Bonchev–Trinajstić information content (AvgIpc) is 2.72. The standard InChI is InChI=1S/C22H25ClN2O3/c1-16-3-5-17(6-4-16)7-10-21(26)24-11-13-25(14-12-24)22(27)19-15-18(23)8-9-20(19)28-2/h3-6,8-9,15H,7,10-14H2,1-2H3. The van der Waals surface area contributed by atoms with E-state index < -0.39 is 0 Å². The van der Waals surface area contributed by atoms with Gasteiger partial charge in [-0.2, -0.15) is 0 Å². The zero-order chi connectivity index (χ0) is 20.1. The van der Waals surface area contributed by atoms with Crippen molar-refractivity contribution in [2.24, 2.45) is 0 Å². The highest BCUT2D eigenvalue weighted by Crippen LogP contribution is 2.24. The molecule has 5 nitrogen and oxygen atoms in total. The lowest BCUT2D eigenvalue weighted by Gasteiger charge is -2.35. The van der Waals surface area contributed by atoms with Crippen LogP contribution in [0.3, 0.4) is 0 Å². The first kappa shape index (κ1) is 20.2. The van der Waals surface area contributed by atoms with Crippen LogP contribution in [0.15, 0.2) is 42.5 Å². The number of aryl methyl sites for hydroxylation is 2. The van der Waals surface area contributed by atoms with Gasteiger partial charge in [0.2, 0.25) is 5.91 Å². The van der Waals surface area contributed by atoms with Gasteiger partial charge in [-0.05, 0) is 37.1 Å². The van der Waals surface area contributed by atoms with Crippen LogP contribution in [0.4, 0.5) is 0 Å². The molecule has 0 aromatic heterocycles. The summed E-state index contributed by atoms with van der Waals surface area (Å²) in [5, 5.41) is 0.495. The van der Waals surface area contributed by atoms with Crippen molar-refractivity contribution in [1.29, 1.82) is 0 Å². The lowest BCUT2D eigenvalue weighted by molar-refractivity contribution is -0.132. The van der Waals surface area contributed by atoms with Crippen molar-refractivity contribution in [3.05, 3.63) is 64.2 Å². The molecule has 0 saturated carbocycles. The van der Waals surface area contributed by atoms with Gasteiger partial charge in [0.1, 0.15) is 5.75 Å². The number of piperazine rings is 1. The molecular weight excluding hydrogens is 376 g/mol. The summed E-state index contributed by atoms with van der Waals surface area (Å²) < 4.78 is 5.28. The maximum atomic E-state index is 12.8. The van der Waals surface area contributed by atoms with E-state index in [4.69, 9.17) is 16.3 Å². The van der Waals surface area contributed by atoms with Gasteiger partial charge in [-0.3, -0.25) is 9.59 Å². The number of amides is 2.